The first-order valence-corrected chi connectivity index (χ1v) is 9.90. The molecule has 8 nitrogen and oxygen atoms in total. The first-order chi connectivity index (χ1) is 15.1. The number of methoxy groups -OCH3 is 2. The van der Waals surface area contributed by atoms with Crippen molar-refractivity contribution in [3.05, 3.63) is 77.8 Å². The number of rotatable bonds is 7. The number of nitrogens with one attached hydrogen (secondary N) is 1. The summed E-state index contributed by atoms with van der Waals surface area (Å²) in [4.78, 5) is 34.0. The third-order valence-corrected chi connectivity index (χ3v) is 5.44. The van der Waals surface area contributed by atoms with Gasteiger partial charge in [-0.2, -0.15) is 0 Å². The number of aromatic nitrogens is 1. The SMILES string of the molecule is C=CCN1C(=O)N[C@H](c2cc(OC)ccc2OC)C2=C1CN(Cc1ccccn1)C2=O. The van der Waals surface area contributed by atoms with Crippen molar-refractivity contribution in [2.45, 2.75) is 12.6 Å². The van der Waals surface area contributed by atoms with Gasteiger partial charge in [0.25, 0.3) is 5.91 Å². The van der Waals surface area contributed by atoms with Gasteiger partial charge < -0.3 is 19.7 Å². The van der Waals surface area contributed by atoms with E-state index in [0.717, 1.165) is 5.69 Å². The molecule has 0 radical (unpaired) electrons. The molecule has 0 saturated carbocycles. The van der Waals surface area contributed by atoms with E-state index in [1.807, 2.05) is 18.2 Å². The van der Waals surface area contributed by atoms with Crippen molar-refractivity contribution >= 4 is 11.9 Å². The van der Waals surface area contributed by atoms with E-state index in [0.29, 0.717) is 48.0 Å². The highest BCUT2D eigenvalue weighted by Gasteiger charge is 2.44. The largest absolute Gasteiger partial charge is 0.497 e. The zero-order valence-electron chi connectivity index (χ0n) is 17.5. The Balaban J connectivity index is 1.77. The minimum Gasteiger partial charge on any atom is -0.497 e. The topological polar surface area (TPSA) is 84.0 Å². The van der Waals surface area contributed by atoms with Crippen LogP contribution in [0.3, 0.4) is 0 Å². The van der Waals surface area contributed by atoms with Crippen LogP contribution in [0.15, 0.2) is 66.5 Å². The van der Waals surface area contributed by atoms with Crippen LogP contribution in [0.2, 0.25) is 0 Å². The monoisotopic (exact) mass is 420 g/mol. The molecule has 1 aromatic carbocycles. The fraction of sp³-hybridized carbons (Fsp3) is 0.261. The lowest BCUT2D eigenvalue weighted by atomic mass is 9.94. The van der Waals surface area contributed by atoms with Gasteiger partial charge >= 0.3 is 6.03 Å². The Morgan fingerprint density at radius 3 is 2.74 bits per heavy atom. The molecule has 1 N–H and O–H groups in total. The molecule has 0 bridgehead atoms. The molecule has 3 amide bonds. The minimum absolute atomic E-state index is 0.149. The van der Waals surface area contributed by atoms with Crippen molar-refractivity contribution in [1.82, 2.24) is 20.1 Å². The number of benzene rings is 1. The lowest BCUT2D eigenvalue weighted by molar-refractivity contribution is -0.126. The van der Waals surface area contributed by atoms with Crippen LogP contribution in [0, 0.1) is 0 Å². The van der Waals surface area contributed by atoms with E-state index in [1.54, 1.807) is 54.5 Å². The van der Waals surface area contributed by atoms with Gasteiger partial charge in [0.1, 0.15) is 11.5 Å². The van der Waals surface area contributed by atoms with Crippen molar-refractivity contribution in [1.29, 1.82) is 0 Å². The molecule has 2 aliphatic rings. The van der Waals surface area contributed by atoms with Crippen molar-refractivity contribution < 1.29 is 19.1 Å². The Hall–Kier alpha value is -3.81. The molecule has 2 aromatic rings. The fourth-order valence-corrected chi connectivity index (χ4v) is 3.98. The van der Waals surface area contributed by atoms with Crippen LogP contribution in [0.4, 0.5) is 4.79 Å². The van der Waals surface area contributed by atoms with Gasteiger partial charge in [0.15, 0.2) is 0 Å². The first-order valence-electron chi connectivity index (χ1n) is 9.90. The molecule has 2 aliphatic heterocycles. The zero-order valence-corrected chi connectivity index (χ0v) is 17.5. The Bertz CT molecular complexity index is 1050. The molecule has 8 heteroatoms. The number of carbonyl (C=O) groups is 2. The molecule has 4 rings (SSSR count). The quantitative estimate of drug-likeness (QED) is 0.697. The number of pyridine rings is 1. The van der Waals surface area contributed by atoms with Crippen LogP contribution in [0.25, 0.3) is 0 Å². The fourth-order valence-electron chi connectivity index (χ4n) is 3.98. The number of hydrogen-bond acceptors (Lipinski definition) is 5. The molecule has 3 heterocycles. The summed E-state index contributed by atoms with van der Waals surface area (Å²) in [6.07, 6.45) is 3.34. The summed E-state index contributed by atoms with van der Waals surface area (Å²) in [6, 6.07) is 9.96. The predicted molar refractivity (Wildman–Crippen MR) is 114 cm³/mol. The van der Waals surface area contributed by atoms with Crippen LogP contribution in [-0.4, -0.2) is 54.0 Å². The molecule has 0 saturated heterocycles. The highest BCUT2D eigenvalue weighted by atomic mass is 16.5. The summed E-state index contributed by atoms with van der Waals surface area (Å²) in [5, 5.41) is 2.96. The van der Waals surface area contributed by atoms with Gasteiger partial charge in [0.05, 0.1) is 50.3 Å². The van der Waals surface area contributed by atoms with E-state index in [1.165, 1.54) is 0 Å². The molecule has 0 unspecified atom stereocenters. The van der Waals surface area contributed by atoms with E-state index in [9.17, 15) is 9.59 Å². The third-order valence-electron chi connectivity index (χ3n) is 5.44. The van der Waals surface area contributed by atoms with Crippen molar-refractivity contribution in [3.8, 4) is 11.5 Å². The highest BCUT2D eigenvalue weighted by molar-refractivity contribution is 6.01. The smallest absolute Gasteiger partial charge is 0.322 e. The molecule has 1 atom stereocenters. The van der Waals surface area contributed by atoms with Crippen LogP contribution in [0.5, 0.6) is 11.5 Å². The normalized spacial score (nSPS) is 18.1. The highest BCUT2D eigenvalue weighted by Crippen LogP contribution is 2.40. The summed E-state index contributed by atoms with van der Waals surface area (Å²) in [6.45, 7) is 4.72. The van der Waals surface area contributed by atoms with Crippen LogP contribution in [0.1, 0.15) is 17.3 Å². The van der Waals surface area contributed by atoms with Crippen molar-refractivity contribution in [2.24, 2.45) is 0 Å². The van der Waals surface area contributed by atoms with Gasteiger partial charge in [-0.1, -0.05) is 12.1 Å². The maximum Gasteiger partial charge on any atom is 0.322 e. The maximum atomic E-state index is 13.5. The van der Waals surface area contributed by atoms with Gasteiger partial charge in [-0.05, 0) is 30.3 Å². The van der Waals surface area contributed by atoms with Gasteiger partial charge in [-0.25, -0.2) is 4.79 Å². The summed E-state index contributed by atoms with van der Waals surface area (Å²) in [5.41, 5.74) is 2.62. The zero-order chi connectivity index (χ0) is 22.0. The average Bonchev–Trinajstić information content (AvgIpc) is 3.11. The Morgan fingerprint density at radius 1 is 1.23 bits per heavy atom. The average molecular weight is 420 g/mol. The summed E-state index contributed by atoms with van der Waals surface area (Å²) < 4.78 is 10.9. The summed E-state index contributed by atoms with van der Waals surface area (Å²) in [5.74, 6) is 1.02. The second kappa shape index (κ2) is 8.51. The molecule has 1 aromatic heterocycles. The first kappa shape index (κ1) is 20.5. The number of hydrogen-bond donors (Lipinski definition) is 1. The van der Waals surface area contributed by atoms with Crippen LogP contribution < -0.4 is 14.8 Å². The second-order valence-corrected chi connectivity index (χ2v) is 7.23. The van der Waals surface area contributed by atoms with Gasteiger partial charge in [-0.15, -0.1) is 6.58 Å². The van der Waals surface area contributed by atoms with Crippen LogP contribution in [-0.2, 0) is 11.3 Å². The molecule has 31 heavy (non-hydrogen) atoms. The van der Waals surface area contributed by atoms with E-state index in [2.05, 4.69) is 16.9 Å². The minimum atomic E-state index is -0.658. The van der Waals surface area contributed by atoms with E-state index in [4.69, 9.17) is 9.47 Å². The summed E-state index contributed by atoms with van der Waals surface area (Å²) in [7, 11) is 3.12. The summed E-state index contributed by atoms with van der Waals surface area (Å²) >= 11 is 0. The van der Waals surface area contributed by atoms with Crippen molar-refractivity contribution in [2.75, 3.05) is 27.3 Å². The third kappa shape index (κ3) is 3.72. The number of amides is 3. The lowest BCUT2D eigenvalue weighted by Gasteiger charge is -2.33. The second-order valence-electron chi connectivity index (χ2n) is 7.23. The number of nitrogens with zero attached hydrogens (tertiary/aromatic N) is 3. The Morgan fingerprint density at radius 2 is 2.06 bits per heavy atom. The predicted octanol–water partition coefficient (Wildman–Crippen LogP) is 2.65. The van der Waals surface area contributed by atoms with Gasteiger partial charge in [0, 0.05) is 18.3 Å². The number of urea groups is 1. The Labute approximate surface area is 180 Å². The Kier molecular flexibility index (Phi) is 5.62. The molecule has 0 aliphatic carbocycles. The van der Waals surface area contributed by atoms with Crippen molar-refractivity contribution in [3.63, 3.8) is 0 Å². The maximum absolute atomic E-state index is 13.5. The molecular formula is C23H24N4O4. The molecule has 0 spiro atoms. The lowest BCUT2D eigenvalue weighted by Crippen LogP contribution is -2.47. The molecule has 0 fully saturated rings. The standard InChI is InChI=1S/C23H24N4O4/c1-4-11-27-18-14-26(13-15-7-5-6-10-24-15)22(28)20(18)21(25-23(27)29)17-12-16(30-2)8-9-19(17)31-3/h4-10,12,21H,1,11,13-14H2,2-3H3,(H,25,29)/t21-/m1/s1. The number of carbonyl (C=O) groups excluding carboxylic acids is 2. The van der Waals surface area contributed by atoms with E-state index >= 15 is 0 Å². The van der Waals surface area contributed by atoms with Gasteiger partial charge in [-0.3, -0.25) is 14.7 Å². The van der Waals surface area contributed by atoms with E-state index in [-0.39, 0.29) is 11.9 Å². The van der Waals surface area contributed by atoms with Crippen LogP contribution >= 0.6 is 0 Å². The van der Waals surface area contributed by atoms with E-state index < -0.39 is 6.04 Å². The van der Waals surface area contributed by atoms with Gasteiger partial charge in [0.2, 0.25) is 0 Å². The molecule has 160 valence electrons. The molecular weight excluding hydrogens is 396 g/mol. The number of ether oxygens (including phenoxy) is 2.